The van der Waals surface area contributed by atoms with E-state index in [0.717, 1.165) is 36.2 Å². The molecule has 3 aromatic rings. The van der Waals surface area contributed by atoms with Gasteiger partial charge in [0.2, 0.25) is 5.82 Å². The molecule has 0 spiro atoms. The van der Waals surface area contributed by atoms with Crippen LogP contribution in [0.4, 0.5) is 15.8 Å². The standard InChI is InChI=1S/C24H30FN5O/c1-22(2,25)17-11-13-18(14-12-17)26-20-10-7-6-9-19(20)21-27-29-30(28-21)23(3)15-8-16-24(23,4)31-5/h6-7,9-14,26H,8,15-16H2,1-5H3. The number of tetrazole rings is 1. The Kier molecular flexibility index (Phi) is 5.33. The zero-order valence-corrected chi connectivity index (χ0v) is 18.8. The minimum atomic E-state index is -1.37. The zero-order chi connectivity index (χ0) is 22.3. The number of para-hydroxylation sites is 1. The predicted molar refractivity (Wildman–Crippen MR) is 120 cm³/mol. The summed E-state index contributed by atoms with van der Waals surface area (Å²) < 4.78 is 20.0. The first-order valence-electron chi connectivity index (χ1n) is 10.7. The van der Waals surface area contributed by atoms with Crippen LogP contribution in [0.1, 0.15) is 52.5 Å². The molecule has 1 aliphatic rings. The first kappa shape index (κ1) is 21.4. The van der Waals surface area contributed by atoms with E-state index in [4.69, 9.17) is 9.84 Å². The Morgan fingerprint density at radius 3 is 2.45 bits per heavy atom. The van der Waals surface area contributed by atoms with Crippen LogP contribution in [0.5, 0.6) is 0 Å². The Balaban J connectivity index is 1.63. The van der Waals surface area contributed by atoms with E-state index in [9.17, 15) is 4.39 Å². The van der Waals surface area contributed by atoms with E-state index in [1.54, 1.807) is 37.9 Å². The van der Waals surface area contributed by atoms with E-state index >= 15 is 0 Å². The van der Waals surface area contributed by atoms with Crippen LogP contribution in [-0.4, -0.2) is 32.9 Å². The fourth-order valence-corrected chi connectivity index (χ4v) is 4.36. The fourth-order valence-electron chi connectivity index (χ4n) is 4.36. The van der Waals surface area contributed by atoms with Crippen molar-refractivity contribution in [1.29, 1.82) is 0 Å². The largest absolute Gasteiger partial charge is 0.376 e. The maximum atomic E-state index is 14.2. The number of hydrogen-bond donors (Lipinski definition) is 1. The lowest BCUT2D eigenvalue weighted by atomic mass is 9.86. The lowest BCUT2D eigenvalue weighted by Gasteiger charge is -2.38. The van der Waals surface area contributed by atoms with Gasteiger partial charge in [-0.1, -0.05) is 24.3 Å². The second-order valence-electron chi connectivity index (χ2n) is 9.19. The minimum absolute atomic E-state index is 0.339. The molecule has 164 valence electrons. The third kappa shape index (κ3) is 3.82. The second-order valence-corrected chi connectivity index (χ2v) is 9.19. The van der Waals surface area contributed by atoms with Gasteiger partial charge in [0, 0.05) is 24.0 Å². The van der Waals surface area contributed by atoms with Crippen LogP contribution in [0.2, 0.25) is 0 Å². The predicted octanol–water partition coefficient (Wildman–Crippen LogP) is 5.59. The molecular formula is C24H30FN5O. The van der Waals surface area contributed by atoms with Crippen molar-refractivity contribution in [3.05, 3.63) is 54.1 Å². The summed E-state index contributed by atoms with van der Waals surface area (Å²) in [5, 5.41) is 16.9. The van der Waals surface area contributed by atoms with Gasteiger partial charge in [-0.2, -0.15) is 4.80 Å². The smallest absolute Gasteiger partial charge is 0.207 e. The maximum absolute atomic E-state index is 14.2. The number of nitrogens with one attached hydrogen (secondary N) is 1. The molecule has 2 aromatic carbocycles. The molecule has 1 aromatic heterocycles. The van der Waals surface area contributed by atoms with Crippen molar-refractivity contribution in [2.45, 2.75) is 63.8 Å². The average Bonchev–Trinajstić information content (AvgIpc) is 3.35. The monoisotopic (exact) mass is 423 g/mol. The summed E-state index contributed by atoms with van der Waals surface area (Å²) in [5.74, 6) is 0.552. The average molecular weight is 424 g/mol. The van der Waals surface area contributed by atoms with Gasteiger partial charge in [-0.05, 0) is 82.0 Å². The highest BCUT2D eigenvalue weighted by atomic mass is 19.1. The van der Waals surface area contributed by atoms with Crippen LogP contribution in [0, 0.1) is 0 Å². The highest BCUT2D eigenvalue weighted by Crippen LogP contribution is 2.46. The normalized spacial score (nSPS) is 23.8. The molecule has 1 aliphatic carbocycles. The molecular weight excluding hydrogens is 393 g/mol. The number of alkyl halides is 1. The highest BCUT2D eigenvalue weighted by Gasteiger charge is 2.52. The molecule has 1 N–H and O–H groups in total. The van der Waals surface area contributed by atoms with Crippen molar-refractivity contribution in [2.24, 2.45) is 0 Å². The molecule has 0 radical (unpaired) electrons. The number of hydrogen-bond acceptors (Lipinski definition) is 5. The van der Waals surface area contributed by atoms with Crippen LogP contribution < -0.4 is 5.32 Å². The summed E-state index contributed by atoms with van der Waals surface area (Å²) in [4.78, 5) is 1.72. The lowest BCUT2D eigenvalue weighted by molar-refractivity contribution is -0.0749. The molecule has 4 rings (SSSR count). The highest BCUT2D eigenvalue weighted by molar-refractivity contribution is 5.77. The first-order valence-corrected chi connectivity index (χ1v) is 10.7. The summed E-state index contributed by atoms with van der Waals surface area (Å²) in [6.45, 7) is 7.35. The van der Waals surface area contributed by atoms with Crippen molar-refractivity contribution < 1.29 is 9.13 Å². The third-order valence-corrected chi connectivity index (χ3v) is 6.78. The molecule has 1 fully saturated rings. The van der Waals surface area contributed by atoms with Crippen LogP contribution in [0.25, 0.3) is 11.4 Å². The summed E-state index contributed by atoms with van der Waals surface area (Å²) >= 11 is 0. The molecule has 7 heteroatoms. The van der Waals surface area contributed by atoms with E-state index < -0.39 is 5.67 Å². The number of benzene rings is 2. The molecule has 0 bridgehead atoms. The first-order chi connectivity index (χ1) is 14.7. The lowest BCUT2D eigenvalue weighted by Crippen LogP contribution is -2.49. The summed E-state index contributed by atoms with van der Waals surface area (Å²) in [7, 11) is 1.75. The molecule has 1 saturated carbocycles. The Labute approximate surface area is 182 Å². The molecule has 2 atom stereocenters. The van der Waals surface area contributed by atoms with E-state index in [0.29, 0.717) is 11.4 Å². The number of rotatable bonds is 6. The van der Waals surface area contributed by atoms with Crippen molar-refractivity contribution in [2.75, 3.05) is 12.4 Å². The van der Waals surface area contributed by atoms with E-state index in [2.05, 4.69) is 29.5 Å². The number of nitrogens with zero attached hydrogens (tertiary/aromatic N) is 4. The topological polar surface area (TPSA) is 64.9 Å². The van der Waals surface area contributed by atoms with Gasteiger partial charge in [0.15, 0.2) is 0 Å². The van der Waals surface area contributed by atoms with Gasteiger partial charge in [0.1, 0.15) is 11.2 Å². The third-order valence-electron chi connectivity index (χ3n) is 6.78. The Bertz CT molecular complexity index is 1060. The number of aromatic nitrogens is 4. The SMILES string of the molecule is COC1(C)CCCC1(C)n1nnc(-c2ccccc2Nc2ccc(C(C)(C)F)cc2)n1. The van der Waals surface area contributed by atoms with Gasteiger partial charge in [0.05, 0.1) is 5.60 Å². The fraction of sp³-hybridized carbons (Fsp3) is 0.458. The van der Waals surface area contributed by atoms with Crippen LogP contribution in [-0.2, 0) is 15.9 Å². The van der Waals surface area contributed by atoms with Gasteiger partial charge < -0.3 is 10.1 Å². The van der Waals surface area contributed by atoms with Gasteiger partial charge in [-0.3, -0.25) is 0 Å². The summed E-state index contributed by atoms with van der Waals surface area (Å²) in [5.41, 5.74) is 1.15. The number of methoxy groups -OCH3 is 1. The molecule has 6 nitrogen and oxygen atoms in total. The minimum Gasteiger partial charge on any atom is -0.376 e. The van der Waals surface area contributed by atoms with Crippen molar-refractivity contribution in [1.82, 2.24) is 20.2 Å². The van der Waals surface area contributed by atoms with Crippen molar-refractivity contribution in [3.8, 4) is 11.4 Å². The van der Waals surface area contributed by atoms with Crippen LogP contribution >= 0.6 is 0 Å². The van der Waals surface area contributed by atoms with Gasteiger partial charge in [-0.15, -0.1) is 10.2 Å². The summed E-state index contributed by atoms with van der Waals surface area (Å²) in [6.07, 6.45) is 2.95. The molecule has 2 unspecified atom stereocenters. The molecule has 31 heavy (non-hydrogen) atoms. The quantitative estimate of drug-likeness (QED) is 0.560. The van der Waals surface area contributed by atoms with Crippen LogP contribution in [0.15, 0.2) is 48.5 Å². The van der Waals surface area contributed by atoms with Crippen molar-refractivity contribution >= 4 is 11.4 Å². The molecule has 0 aliphatic heterocycles. The number of anilines is 2. The zero-order valence-electron chi connectivity index (χ0n) is 18.8. The second kappa shape index (κ2) is 7.71. The van der Waals surface area contributed by atoms with E-state index in [-0.39, 0.29) is 11.1 Å². The molecule has 1 heterocycles. The Morgan fingerprint density at radius 1 is 1.06 bits per heavy atom. The van der Waals surface area contributed by atoms with Crippen molar-refractivity contribution in [3.63, 3.8) is 0 Å². The summed E-state index contributed by atoms with van der Waals surface area (Å²) in [6, 6.07) is 15.2. The molecule has 0 saturated heterocycles. The van der Waals surface area contributed by atoms with E-state index in [1.165, 1.54) is 0 Å². The maximum Gasteiger partial charge on any atom is 0.207 e. The number of ether oxygens (including phenoxy) is 1. The van der Waals surface area contributed by atoms with Crippen LogP contribution in [0.3, 0.4) is 0 Å². The molecule has 0 amide bonds. The van der Waals surface area contributed by atoms with Gasteiger partial charge in [-0.25, -0.2) is 4.39 Å². The van der Waals surface area contributed by atoms with Gasteiger partial charge in [0.25, 0.3) is 0 Å². The number of halogens is 1. The Hall–Kier alpha value is -2.80. The Morgan fingerprint density at radius 2 is 1.77 bits per heavy atom. The van der Waals surface area contributed by atoms with Gasteiger partial charge >= 0.3 is 0 Å². The van der Waals surface area contributed by atoms with E-state index in [1.807, 2.05) is 36.4 Å².